The minimum Gasteiger partial charge on any atom is -0.496 e. The molecule has 4 nitrogen and oxygen atoms in total. The Morgan fingerprint density at radius 1 is 1.61 bits per heavy atom. The number of halogens is 1. The zero-order valence-electron chi connectivity index (χ0n) is 9.94. The lowest BCUT2D eigenvalue weighted by atomic mass is 10.2. The summed E-state index contributed by atoms with van der Waals surface area (Å²) in [7, 11) is 1.62. The number of nitrogens with zero attached hydrogens (tertiary/aromatic N) is 1. The van der Waals surface area contributed by atoms with Crippen LogP contribution in [0.1, 0.15) is 5.56 Å². The van der Waals surface area contributed by atoms with Crippen molar-refractivity contribution in [2.75, 3.05) is 13.7 Å². The fraction of sp³-hybridized carbons (Fsp3) is 0.167. The lowest BCUT2D eigenvalue weighted by Crippen LogP contribution is -2.31. The Labute approximate surface area is 120 Å². The Kier molecular flexibility index (Phi) is 6.38. The van der Waals surface area contributed by atoms with Gasteiger partial charge >= 0.3 is 0 Å². The van der Waals surface area contributed by atoms with Crippen LogP contribution in [0, 0.1) is 0 Å². The zero-order chi connectivity index (χ0) is 13.4. The Morgan fingerprint density at radius 2 is 2.39 bits per heavy atom. The van der Waals surface area contributed by atoms with Crippen molar-refractivity contribution < 1.29 is 4.74 Å². The van der Waals surface area contributed by atoms with Gasteiger partial charge in [0.25, 0.3) is 0 Å². The first-order valence-electron chi connectivity index (χ1n) is 5.18. The maximum atomic E-state index is 5.22. The van der Waals surface area contributed by atoms with E-state index in [0.29, 0.717) is 11.7 Å². The molecule has 0 aliphatic rings. The highest BCUT2D eigenvalue weighted by Crippen LogP contribution is 2.21. The molecule has 1 aromatic rings. The number of nitrogens with one attached hydrogen (secondary N) is 2. The van der Waals surface area contributed by atoms with Gasteiger partial charge in [0.1, 0.15) is 5.75 Å². The largest absolute Gasteiger partial charge is 0.496 e. The standard InChI is InChI=1S/C12H14BrN3OS/c1-3-6-14-12(18)16-15-8-9-7-10(13)4-5-11(9)17-2/h3-5,7-8H,1,6H2,2H3,(H2,14,16,18)/b15-8+. The molecule has 2 N–H and O–H groups in total. The molecule has 0 bridgehead atoms. The van der Waals surface area contributed by atoms with Crippen LogP contribution in [0.2, 0.25) is 0 Å². The van der Waals surface area contributed by atoms with E-state index in [0.717, 1.165) is 15.8 Å². The van der Waals surface area contributed by atoms with Gasteiger partial charge in [0.2, 0.25) is 0 Å². The third-order valence-electron chi connectivity index (χ3n) is 1.97. The monoisotopic (exact) mass is 327 g/mol. The summed E-state index contributed by atoms with van der Waals surface area (Å²) in [4.78, 5) is 0. The summed E-state index contributed by atoms with van der Waals surface area (Å²) in [6.45, 7) is 4.18. The van der Waals surface area contributed by atoms with Crippen molar-refractivity contribution in [3.8, 4) is 5.75 Å². The highest BCUT2D eigenvalue weighted by Gasteiger charge is 2.00. The normalized spacial score (nSPS) is 10.1. The van der Waals surface area contributed by atoms with E-state index >= 15 is 0 Å². The number of hydrazone groups is 1. The van der Waals surface area contributed by atoms with Crippen LogP contribution in [0.3, 0.4) is 0 Å². The van der Waals surface area contributed by atoms with Gasteiger partial charge in [-0.1, -0.05) is 22.0 Å². The highest BCUT2D eigenvalue weighted by atomic mass is 79.9. The van der Waals surface area contributed by atoms with E-state index in [1.54, 1.807) is 19.4 Å². The van der Waals surface area contributed by atoms with Crippen molar-refractivity contribution in [2.24, 2.45) is 5.10 Å². The molecule has 0 unspecified atom stereocenters. The van der Waals surface area contributed by atoms with Crippen molar-refractivity contribution in [2.45, 2.75) is 0 Å². The molecular formula is C12H14BrN3OS. The van der Waals surface area contributed by atoms with Crippen LogP contribution in [-0.2, 0) is 0 Å². The third kappa shape index (κ3) is 4.85. The topological polar surface area (TPSA) is 45.7 Å². The summed E-state index contributed by atoms with van der Waals surface area (Å²) in [5.41, 5.74) is 3.56. The fourth-order valence-electron chi connectivity index (χ4n) is 1.17. The van der Waals surface area contributed by atoms with Gasteiger partial charge < -0.3 is 10.1 Å². The van der Waals surface area contributed by atoms with Crippen LogP contribution in [-0.4, -0.2) is 25.0 Å². The molecule has 18 heavy (non-hydrogen) atoms. The molecule has 0 aliphatic heterocycles. The van der Waals surface area contributed by atoms with Crippen molar-refractivity contribution in [1.82, 2.24) is 10.7 Å². The van der Waals surface area contributed by atoms with Gasteiger partial charge in [0.05, 0.1) is 13.3 Å². The maximum absolute atomic E-state index is 5.22. The summed E-state index contributed by atoms with van der Waals surface area (Å²) in [6, 6.07) is 5.67. The maximum Gasteiger partial charge on any atom is 0.187 e. The van der Waals surface area contributed by atoms with Crippen LogP contribution in [0.15, 0.2) is 40.4 Å². The Hall–Kier alpha value is -1.40. The Morgan fingerprint density at radius 3 is 3.06 bits per heavy atom. The number of ether oxygens (including phenoxy) is 1. The molecule has 0 heterocycles. The second kappa shape index (κ2) is 7.84. The molecule has 0 aromatic heterocycles. The molecule has 0 saturated heterocycles. The summed E-state index contributed by atoms with van der Waals surface area (Å²) in [5, 5.41) is 7.38. The molecule has 6 heteroatoms. The average Bonchev–Trinajstić information content (AvgIpc) is 2.36. The predicted molar refractivity (Wildman–Crippen MR) is 82.2 cm³/mol. The molecule has 0 fully saturated rings. The molecular weight excluding hydrogens is 314 g/mol. The van der Waals surface area contributed by atoms with Crippen molar-refractivity contribution in [3.05, 3.63) is 40.9 Å². The first-order chi connectivity index (χ1) is 8.67. The fourth-order valence-corrected chi connectivity index (χ4v) is 1.69. The van der Waals surface area contributed by atoms with Crippen LogP contribution in [0.5, 0.6) is 5.75 Å². The van der Waals surface area contributed by atoms with E-state index in [1.165, 1.54) is 0 Å². The van der Waals surface area contributed by atoms with Gasteiger partial charge in [0, 0.05) is 16.6 Å². The smallest absolute Gasteiger partial charge is 0.187 e. The molecule has 96 valence electrons. The van der Waals surface area contributed by atoms with Gasteiger partial charge in [-0.15, -0.1) is 6.58 Å². The van der Waals surface area contributed by atoms with Gasteiger partial charge in [0.15, 0.2) is 5.11 Å². The zero-order valence-corrected chi connectivity index (χ0v) is 12.3. The minimum atomic E-state index is 0.445. The van der Waals surface area contributed by atoms with Crippen LogP contribution in [0.25, 0.3) is 0 Å². The number of methoxy groups -OCH3 is 1. The molecule has 0 saturated carbocycles. The van der Waals surface area contributed by atoms with E-state index in [9.17, 15) is 0 Å². The first kappa shape index (κ1) is 14.7. The molecule has 1 rings (SSSR count). The quantitative estimate of drug-likeness (QED) is 0.377. The number of thiocarbonyl (C=S) groups is 1. The summed E-state index contributed by atoms with van der Waals surface area (Å²) in [6.07, 6.45) is 3.36. The van der Waals surface area contributed by atoms with Crippen molar-refractivity contribution in [3.63, 3.8) is 0 Å². The van der Waals surface area contributed by atoms with E-state index in [4.69, 9.17) is 17.0 Å². The third-order valence-corrected chi connectivity index (χ3v) is 2.70. The van der Waals surface area contributed by atoms with E-state index in [-0.39, 0.29) is 0 Å². The second-order valence-electron chi connectivity index (χ2n) is 3.25. The van der Waals surface area contributed by atoms with Gasteiger partial charge in [-0.25, -0.2) is 0 Å². The van der Waals surface area contributed by atoms with E-state index < -0.39 is 0 Å². The molecule has 0 atom stereocenters. The van der Waals surface area contributed by atoms with Crippen LogP contribution in [0.4, 0.5) is 0 Å². The Bertz CT molecular complexity index is 463. The lowest BCUT2D eigenvalue weighted by molar-refractivity contribution is 0.414. The van der Waals surface area contributed by atoms with Gasteiger partial charge in [-0.3, -0.25) is 5.43 Å². The lowest BCUT2D eigenvalue weighted by Gasteiger charge is -2.06. The molecule has 0 spiro atoms. The Balaban J connectivity index is 2.63. The summed E-state index contributed by atoms with van der Waals surface area (Å²) in [5.74, 6) is 0.744. The number of hydrogen-bond acceptors (Lipinski definition) is 3. The molecule has 1 aromatic carbocycles. The molecule has 0 amide bonds. The second-order valence-corrected chi connectivity index (χ2v) is 4.58. The van der Waals surface area contributed by atoms with Crippen molar-refractivity contribution in [1.29, 1.82) is 0 Å². The summed E-state index contributed by atoms with van der Waals surface area (Å²) < 4.78 is 6.18. The predicted octanol–water partition coefficient (Wildman–Crippen LogP) is 2.44. The number of benzene rings is 1. The highest BCUT2D eigenvalue weighted by molar-refractivity contribution is 9.10. The van der Waals surface area contributed by atoms with Crippen LogP contribution >= 0.6 is 28.1 Å². The number of rotatable bonds is 5. The van der Waals surface area contributed by atoms with Crippen LogP contribution < -0.4 is 15.5 Å². The van der Waals surface area contributed by atoms with Gasteiger partial charge in [-0.05, 0) is 30.4 Å². The first-order valence-corrected chi connectivity index (χ1v) is 6.39. The summed E-state index contributed by atoms with van der Waals surface area (Å²) >= 11 is 8.39. The molecule has 0 radical (unpaired) electrons. The van der Waals surface area contributed by atoms with Crippen molar-refractivity contribution >= 4 is 39.5 Å². The number of hydrogen-bond donors (Lipinski definition) is 2. The molecule has 0 aliphatic carbocycles. The van der Waals surface area contributed by atoms with Gasteiger partial charge in [-0.2, -0.15) is 5.10 Å². The average molecular weight is 328 g/mol. The SMILES string of the molecule is C=CCNC(=S)N/N=C/c1cc(Br)ccc1OC. The van der Waals surface area contributed by atoms with E-state index in [1.807, 2.05) is 18.2 Å². The van der Waals surface area contributed by atoms with E-state index in [2.05, 4.69) is 38.4 Å². The minimum absolute atomic E-state index is 0.445.